The van der Waals surface area contributed by atoms with Crippen LogP contribution in [0.2, 0.25) is 0 Å². The van der Waals surface area contributed by atoms with Gasteiger partial charge >= 0.3 is 0 Å². The van der Waals surface area contributed by atoms with E-state index in [1.807, 2.05) is 12.1 Å². The zero-order chi connectivity index (χ0) is 13.6. The molecule has 3 heteroatoms. The molecule has 1 atom stereocenters. The van der Waals surface area contributed by atoms with E-state index in [0.29, 0.717) is 19.1 Å². The van der Waals surface area contributed by atoms with Crippen molar-refractivity contribution >= 4 is 0 Å². The first kappa shape index (κ1) is 15.0. The van der Waals surface area contributed by atoms with Crippen LogP contribution < -0.4 is 10.1 Å². The molecule has 2 N–H and O–H groups in total. The van der Waals surface area contributed by atoms with Crippen LogP contribution in [0.4, 0.5) is 0 Å². The van der Waals surface area contributed by atoms with Gasteiger partial charge in [0.05, 0.1) is 12.2 Å². The van der Waals surface area contributed by atoms with Crippen LogP contribution in [0.3, 0.4) is 0 Å². The highest BCUT2D eigenvalue weighted by Gasteiger charge is 2.12. The molecule has 0 aliphatic rings. The molecule has 0 saturated carbocycles. The van der Waals surface area contributed by atoms with E-state index in [9.17, 15) is 5.11 Å². The lowest BCUT2D eigenvalue weighted by atomic mass is 10.1. The minimum absolute atomic E-state index is 0.362. The molecule has 102 valence electrons. The van der Waals surface area contributed by atoms with Crippen molar-refractivity contribution in [1.82, 2.24) is 5.32 Å². The summed E-state index contributed by atoms with van der Waals surface area (Å²) in [6, 6.07) is 8.47. The van der Waals surface area contributed by atoms with E-state index < -0.39 is 5.60 Å². The van der Waals surface area contributed by atoms with Crippen molar-refractivity contribution in [1.29, 1.82) is 0 Å². The molecule has 0 radical (unpaired) electrons. The molecule has 0 aromatic heterocycles. The molecule has 1 aromatic rings. The highest BCUT2D eigenvalue weighted by atomic mass is 16.5. The van der Waals surface area contributed by atoms with Crippen molar-refractivity contribution in [3.63, 3.8) is 0 Å². The van der Waals surface area contributed by atoms with Crippen molar-refractivity contribution in [3.05, 3.63) is 29.8 Å². The fourth-order valence-corrected chi connectivity index (χ4v) is 1.70. The minimum Gasteiger partial charge on any atom is -0.493 e. The topological polar surface area (TPSA) is 41.5 Å². The largest absolute Gasteiger partial charge is 0.493 e. The molecule has 0 heterocycles. The lowest BCUT2D eigenvalue weighted by molar-refractivity contribution is 0.0553. The van der Waals surface area contributed by atoms with Gasteiger partial charge in [-0.05, 0) is 45.0 Å². The monoisotopic (exact) mass is 251 g/mol. The summed E-state index contributed by atoms with van der Waals surface area (Å²) >= 11 is 0. The smallest absolute Gasteiger partial charge is 0.119 e. The molecular weight excluding hydrogens is 226 g/mol. The Morgan fingerprint density at radius 3 is 2.39 bits per heavy atom. The van der Waals surface area contributed by atoms with E-state index >= 15 is 0 Å². The highest BCUT2D eigenvalue weighted by molar-refractivity contribution is 5.28. The highest BCUT2D eigenvalue weighted by Crippen LogP contribution is 2.18. The number of ether oxygens (including phenoxy) is 1. The quantitative estimate of drug-likeness (QED) is 0.783. The molecule has 1 unspecified atom stereocenters. The van der Waals surface area contributed by atoms with Crippen molar-refractivity contribution in [2.24, 2.45) is 0 Å². The Hall–Kier alpha value is -1.06. The van der Waals surface area contributed by atoms with Crippen LogP contribution >= 0.6 is 0 Å². The van der Waals surface area contributed by atoms with Gasteiger partial charge in [0, 0.05) is 12.5 Å². The van der Waals surface area contributed by atoms with Crippen LogP contribution in [0, 0.1) is 0 Å². The molecule has 0 aliphatic heterocycles. The Labute approximate surface area is 110 Å². The van der Waals surface area contributed by atoms with Gasteiger partial charge in [0.15, 0.2) is 0 Å². The molecule has 0 bridgehead atoms. The van der Waals surface area contributed by atoms with Gasteiger partial charge in [0.25, 0.3) is 0 Å². The van der Waals surface area contributed by atoms with Gasteiger partial charge in [-0.15, -0.1) is 0 Å². The van der Waals surface area contributed by atoms with Gasteiger partial charge in [0.1, 0.15) is 5.75 Å². The Balaban J connectivity index is 2.45. The van der Waals surface area contributed by atoms with Crippen molar-refractivity contribution in [3.8, 4) is 5.75 Å². The number of rotatable bonds is 7. The standard InChI is InChI=1S/C15H25NO2/c1-5-16-12(2)13-6-8-14(9-7-13)18-11-10-15(3,4)17/h6-9,12,16-17H,5,10-11H2,1-4H3. The first-order valence-electron chi connectivity index (χ1n) is 6.61. The van der Waals surface area contributed by atoms with Gasteiger partial charge in [-0.3, -0.25) is 0 Å². The predicted octanol–water partition coefficient (Wildman–Crippen LogP) is 2.90. The Morgan fingerprint density at radius 1 is 1.28 bits per heavy atom. The van der Waals surface area contributed by atoms with E-state index in [-0.39, 0.29) is 0 Å². The zero-order valence-corrected chi connectivity index (χ0v) is 11.9. The fraction of sp³-hybridized carbons (Fsp3) is 0.600. The van der Waals surface area contributed by atoms with E-state index in [0.717, 1.165) is 12.3 Å². The van der Waals surface area contributed by atoms with E-state index in [4.69, 9.17) is 4.74 Å². The SMILES string of the molecule is CCNC(C)c1ccc(OCCC(C)(C)O)cc1. The van der Waals surface area contributed by atoms with Crippen LogP contribution in [0.15, 0.2) is 24.3 Å². The molecule has 1 rings (SSSR count). The number of benzene rings is 1. The van der Waals surface area contributed by atoms with Crippen LogP contribution in [0.5, 0.6) is 5.75 Å². The van der Waals surface area contributed by atoms with Gasteiger partial charge in [-0.2, -0.15) is 0 Å². The lowest BCUT2D eigenvalue weighted by Crippen LogP contribution is -2.21. The number of aliphatic hydroxyl groups is 1. The first-order chi connectivity index (χ1) is 8.42. The average molecular weight is 251 g/mol. The summed E-state index contributed by atoms with van der Waals surface area (Å²) in [5.41, 5.74) is 0.589. The second-order valence-corrected chi connectivity index (χ2v) is 5.26. The maximum Gasteiger partial charge on any atom is 0.119 e. The molecule has 0 saturated heterocycles. The normalized spacial score (nSPS) is 13.4. The summed E-state index contributed by atoms with van der Waals surface area (Å²) in [7, 11) is 0. The summed E-state index contributed by atoms with van der Waals surface area (Å²) in [4.78, 5) is 0. The van der Waals surface area contributed by atoms with Crippen LogP contribution in [0.25, 0.3) is 0 Å². The predicted molar refractivity (Wildman–Crippen MR) is 74.9 cm³/mol. The summed E-state index contributed by atoms with van der Waals surface area (Å²) in [5.74, 6) is 0.853. The molecule has 0 spiro atoms. The van der Waals surface area contributed by atoms with Crippen molar-refractivity contribution < 1.29 is 9.84 Å². The maximum absolute atomic E-state index is 9.58. The second-order valence-electron chi connectivity index (χ2n) is 5.26. The fourth-order valence-electron chi connectivity index (χ4n) is 1.70. The summed E-state index contributed by atoms with van der Waals surface area (Å²) in [6.45, 7) is 9.32. The molecule has 0 fully saturated rings. The van der Waals surface area contributed by atoms with Crippen molar-refractivity contribution in [2.75, 3.05) is 13.2 Å². The molecule has 1 aromatic carbocycles. The third-order valence-electron chi connectivity index (χ3n) is 2.87. The molecule has 0 aliphatic carbocycles. The second kappa shape index (κ2) is 6.76. The summed E-state index contributed by atoms with van der Waals surface area (Å²) < 4.78 is 5.60. The average Bonchev–Trinajstić information content (AvgIpc) is 2.28. The van der Waals surface area contributed by atoms with Gasteiger partial charge in [-0.1, -0.05) is 19.1 Å². The van der Waals surface area contributed by atoms with Crippen LogP contribution in [0.1, 0.15) is 45.7 Å². The third kappa shape index (κ3) is 5.52. The maximum atomic E-state index is 9.58. The molecule has 18 heavy (non-hydrogen) atoms. The lowest BCUT2D eigenvalue weighted by Gasteiger charge is -2.17. The van der Waals surface area contributed by atoms with Crippen molar-refractivity contribution in [2.45, 2.75) is 45.8 Å². The van der Waals surface area contributed by atoms with E-state index in [1.165, 1.54) is 5.56 Å². The Morgan fingerprint density at radius 2 is 1.89 bits per heavy atom. The third-order valence-corrected chi connectivity index (χ3v) is 2.87. The van der Waals surface area contributed by atoms with E-state index in [1.54, 1.807) is 13.8 Å². The Kier molecular flexibility index (Phi) is 5.63. The molecule has 3 nitrogen and oxygen atoms in total. The molecule has 0 amide bonds. The van der Waals surface area contributed by atoms with Gasteiger partial charge in [0.2, 0.25) is 0 Å². The van der Waals surface area contributed by atoms with Gasteiger partial charge in [-0.25, -0.2) is 0 Å². The summed E-state index contributed by atoms with van der Waals surface area (Å²) in [5, 5.41) is 13.0. The number of hydrogen-bond donors (Lipinski definition) is 2. The van der Waals surface area contributed by atoms with Gasteiger partial charge < -0.3 is 15.2 Å². The van der Waals surface area contributed by atoms with Crippen LogP contribution in [-0.4, -0.2) is 23.9 Å². The Bertz CT molecular complexity index is 341. The first-order valence-corrected chi connectivity index (χ1v) is 6.61. The number of hydrogen-bond acceptors (Lipinski definition) is 3. The number of nitrogens with one attached hydrogen (secondary N) is 1. The molecular formula is C15H25NO2. The van der Waals surface area contributed by atoms with E-state index in [2.05, 4.69) is 31.3 Å². The summed E-state index contributed by atoms with van der Waals surface area (Å²) in [6.07, 6.45) is 0.628. The zero-order valence-electron chi connectivity index (χ0n) is 11.9. The minimum atomic E-state index is -0.667. The van der Waals surface area contributed by atoms with Crippen LogP contribution in [-0.2, 0) is 0 Å².